The predicted octanol–water partition coefficient (Wildman–Crippen LogP) is 4.68. The van der Waals surface area contributed by atoms with Gasteiger partial charge in [0.1, 0.15) is 0 Å². The molecule has 344 valence electrons. The molecule has 2 aliphatic rings. The number of nitrogens with zero attached hydrogens (tertiary/aromatic N) is 10. The number of carbonyl (C=O) groups is 1. The molecule has 2 N–H and O–H groups in total. The number of piperazine rings is 2. The van der Waals surface area contributed by atoms with Crippen LogP contribution in [0.25, 0.3) is 11.5 Å². The molecule has 5 aromatic rings. The van der Waals surface area contributed by atoms with Gasteiger partial charge in [0, 0.05) is 69.3 Å². The Kier molecular flexibility index (Phi) is 15.6. The van der Waals surface area contributed by atoms with Crippen molar-refractivity contribution < 1.29 is 34.8 Å². The lowest BCUT2D eigenvalue weighted by Crippen LogP contribution is -2.55. The summed E-state index contributed by atoms with van der Waals surface area (Å²) in [5, 5.41) is 6.93. The summed E-state index contributed by atoms with van der Waals surface area (Å²) >= 11 is 0. The lowest BCUT2D eigenvalue weighted by Gasteiger charge is -2.39. The number of alkyl halides is 2. The molecule has 5 heterocycles. The number of aromatic nitrogens is 4. The lowest BCUT2D eigenvalue weighted by molar-refractivity contribution is 0.100. The number of nitrogens with two attached hydrogens (primary N) is 1. The molecular formula is C43H55F2N11O6S2. The molecule has 2 aliphatic heterocycles. The van der Waals surface area contributed by atoms with E-state index < -0.39 is 32.7 Å². The van der Waals surface area contributed by atoms with Crippen molar-refractivity contribution in [3.63, 3.8) is 0 Å². The standard InChI is InChI=1S/C22H26F2N6O3S.C21H29N5O3S/c1-15-5-4-6-19(11-15)30(34(31,32)29-10-9-28(3)16(2)13-29)14-18-8-7-17(12-25-18)21-26-27-22(33-21)20(23)24;1-16-5-4-6-20(11-16)26(15-19-8-7-18(13-23-19)21(27)12-22)30(28,29)25-10-9-24(3)17(2)14-25/h4-8,11-12,16,20H,9-10,13-14H2,1-3H3;4-8,11,13,17H,9-10,12,14-15,22H2,1-3H3/t16-;17-/m11/s1. The Morgan fingerprint density at radius 1 is 0.750 bits per heavy atom. The van der Waals surface area contributed by atoms with Crippen molar-refractivity contribution in [3.8, 4) is 11.5 Å². The second-order valence-electron chi connectivity index (χ2n) is 16.0. The van der Waals surface area contributed by atoms with Gasteiger partial charge in [-0.3, -0.25) is 23.4 Å². The smallest absolute Gasteiger partial charge is 0.314 e. The summed E-state index contributed by atoms with van der Waals surface area (Å²) in [7, 11) is -3.63. The number of Topliss-reactive ketones (excluding diaryl/α,β-unsaturated/α-hetero) is 1. The Morgan fingerprint density at radius 2 is 1.25 bits per heavy atom. The number of likely N-dealkylation sites (N-methyl/N-ethyl adjacent to an activating group) is 2. The fraction of sp³-hybridized carbons (Fsp3) is 0.419. The average molecular weight is 924 g/mol. The summed E-state index contributed by atoms with van der Waals surface area (Å²) in [5.74, 6) is -1.05. The molecule has 0 unspecified atom stereocenters. The van der Waals surface area contributed by atoms with Crippen LogP contribution in [-0.2, 0) is 33.5 Å². The number of benzene rings is 2. The van der Waals surface area contributed by atoms with Crippen LogP contribution in [0.4, 0.5) is 20.2 Å². The number of halogens is 2. The van der Waals surface area contributed by atoms with Gasteiger partial charge in [-0.25, -0.2) is 0 Å². The number of hydrogen-bond acceptors (Lipinski definition) is 13. The number of ketones is 1. The van der Waals surface area contributed by atoms with Crippen molar-refractivity contribution in [3.05, 3.63) is 119 Å². The zero-order valence-electron chi connectivity index (χ0n) is 36.8. The number of carbonyl (C=O) groups excluding carboxylic acids is 1. The van der Waals surface area contributed by atoms with E-state index in [0.717, 1.165) is 11.1 Å². The van der Waals surface area contributed by atoms with Crippen molar-refractivity contribution in [1.29, 1.82) is 0 Å². The molecule has 2 aromatic carbocycles. The van der Waals surface area contributed by atoms with Gasteiger partial charge in [0.25, 0.3) is 5.89 Å². The quantitative estimate of drug-likeness (QED) is 0.151. The van der Waals surface area contributed by atoms with E-state index in [1.807, 2.05) is 78.2 Å². The largest absolute Gasteiger partial charge is 0.415 e. The van der Waals surface area contributed by atoms with Crippen molar-refractivity contribution in [1.82, 2.24) is 38.6 Å². The Morgan fingerprint density at radius 3 is 1.64 bits per heavy atom. The molecule has 3 aromatic heterocycles. The molecule has 21 heteroatoms. The summed E-state index contributed by atoms with van der Waals surface area (Å²) in [6.07, 6.45) is -0.0144. The molecule has 0 amide bonds. The summed E-state index contributed by atoms with van der Waals surface area (Å²) in [5.41, 5.74) is 10.2. The van der Waals surface area contributed by atoms with Gasteiger partial charge in [-0.2, -0.15) is 34.2 Å². The molecule has 2 saturated heterocycles. The first-order chi connectivity index (χ1) is 30.4. The van der Waals surface area contributed by atoms with E-state index in [1.165, 1.54) is 29.6 Å². The van der Waals surface area contributed by atoms with E-state index in [4.69, 9.17) is 10.2 Å². The van der Waals surface area contributed by atoms with Crippen LogP contribution in [0.15, 0.2) is 89.6 Å². The van der Waals surface area contributed by atoms with E-state index in [9.17, 15) is 30.4 Å². The Bertz CT molecular complexity index is 2590. The maximum Gasteiger partial charge on any atom is 0.314 e. The first kappa shape index (κ1) is 48.2. The predicted molar refractivity (Wildman–Crippen MR) is 240 cm³/mol. The van der Waals surface area contributed by atoms with Crippen LogP contribution in [0.1, 0.15) is 59.0 Å². The Balaban J connectivity index is 0.000000214. The highest BCUT2D eigenvalue weighted by Gasteiger charge is 2.36. The van der Waals surface area contributed by atoms with E-state index in [-0.39, 0.29) is 43.4 Å². The van der Waals surface area contributed by atoms with E-state index >= 15 is 0 Å². The summed E-state index contributed by atoms with van der Waals surface area (Å²) in [6.45, 7) is 10.8. The van der Waals surface area contributed by atoms with Crippen molar-refractivity contribution in [2.24, 2.45) is 5.73 Å². The molecule has 2 fully saturated rings. The second-order valence-corrected chi connectivity index (χ2v) is 19.7. The van der Waals surface area contributed by atoms with Gasteiger partial charge in [0.15, 0.2) is 5.78 Å². The van der Waals surface area contributed by atoms with E-state index in [2.05, 4.69) is 30.0 Å². The van der Waals surface area contributed by atoms with Gasteiger partial charge < -0.3 is 20.0 Å². The van der Waals surface area contributed by atoms with Crippen molar-refractivity contribution >= 4 is 37.6 Å². The SMILES string of the molecule is Cc1cccc(N(Cc2ccc(-c3nnc(C(F)F)o3)cn2)S(=O)(=O)N2CCN(C)[C@H](C)C2)c1.Cc1cccc(N(Cc2ccc(C(=O)CN)cn2)S(=O)(=O)N2CCN(C)[C@H](C)C2)c1. The van der Waals surface area contributed by atoms with Gasteiger partial charge in [-0.1, -0.05) is 24.3 Å². The molecule has 17 nitrogen and oxygen atoms in total. The summed E-state index contributed by atoms with van der Waals surface area (Å²) < 4.78 is 90.8. The average Bonchev–Trinajstić information content (AvgIpc) is 3.78. The minimum absolute atomic E-state index is 0.00109. The van der Waals surface area contributed by atoms with Gasteiger partial charge in [0.05, 0.1) is 48.0 Å². The molecular weight excluding hydrogens is 869 g/mol. The molecule has 2 atom stereocenters. The van der Waals surface area contributed by atoms with Crippen LogP contribution in [0, 0.1) is 13.8 Å². The Hall–Kier alpha value is -5.29. The Labute approximate surface area is 373 Å². The van der Waals surface area contributed by atoms with Crippen LogP contribution in [0.2, 0.25) is 0 Å². The number of anilines is 2. The van der Waals surface area contributed by atoms with Crippen LogP contribution >= 0.6 is 0 Å². The van der Waals surface area contributed by atoms with Crippen LogP contribution < -0.4 is 14.3 Å². The molecule has 0 radical (unpaired) electrons. The highest BCUT2D eigenvalue weighted by molar-refractivity contribution is 7.90. The van der Waals surface area contributed by atoms with Gasteiger partial charge in [-0.05, 0) is 101 Å². The monoisotopic (exact) mass is 923 g/mol. The normalized spacial score (nSPS) is 18.1. The van der Waals surface area contributed by atoms with Crippen molar-refractivity contribution in [2.75, 3.05) is 68.5 Å². The zero-order valence-corrected chi connectivity index (χ0v) is 38.4. The van der Waals surface area contributed by atoms with Gasteiger partial charge >= 0.3 is 26.8 Å². The summed E-state index contributed by atoms with van der Waals surface area (Å²) in [4.78, 5) is 24.7. The molecule has 0 bridgehead atoms. The number of aryl methyl sites for hydroxylation is 2. The van der Waals surface area contributed by atoms with Gasteiger partial charge in [0.2, 0.25) is 5.89 Å². The number of pyridine rings is 2. The fourth-order valence-corrected chi connectivity index (χ4v) is 10.4. The fourth-order valence-electron chi connectivity index (χ4n) is 7.09. The molecule has 0 aliphatic carbocycles. The highest BCUT2D eigenvalue weighted by atomic mass is 32.2. The summed E-state index contributed by atoms with van der Waals surface area (Å²) in [6, 6.07) is 21.4. The zero-order chi connectivity index (χ0) is 46.3. The van der Waals surface area contributed by atoms with E-state index in [1.54, 1.807) is 36.4 Å². The number of hydrogen-bond donors (Lipinski definition) is 1. The molecule has 7 rings (SSSR count). The molecule has 0 spiro atoms. The maximum atomic E-state index is 13.7. The second kappa shape index (κ2) is 20.7. The van der Waals surface area contributed by atoms with E-state index in [0.29, 0.717) is 73.2 Å². The van der Waals surface area contributed by atoms with Crippen LogP contribution in [-0.4, -0.2) is 133 Å². The minimum Gasteiger partial charge on any atom is -0.415 e. The third kappa shape index (κ3) is 11.5. The first-order valence-corrected chi connectivity index (χ1v) is 23.5. The lowest BCUT2D eigenvalue weighted by atomic mass is 10.2. The van der Waals surface area contributed by atoms with Gasteiger partial charge in [-0.15, -0.1) is 10.2 Å². The third-order valence-electron chi connectivity index (χ3n) is 11.3. The topological polar surface area (TPSA) is 196 Å². The molecule has 64 heavy (non-hydrogen) atoms. The minimum atomic E-state index is -3.84. The van der Waals surface area contributed by atoms with Crippen LogP contribution in [0.5, 0.6) is 0 Å². The van der Waals surface area contributed by atoms with Crippen LogP contribution in [0.3, 0.4) is 0 Å². The highest BCUT2D eigenvalue weighted by Crippen LogP contribution is 2.28. The number of rotatable bonds is 14. The molecule has 0 saturated carbocycles. The third-order valence-corrected chi connectivity index (χ3v) is 15.0. The first-order valence-electron chi connectivity index (χ1n) is 20.7. The van der Waals surface area contributed by atoms with Crippen molar-refractivity contribution in [2.45, 2.75) is 59.3 Å². The maximum absolute atomic E-state index is 13.7.